The first-order chi connectivity index (χ1) is 8.53. The zero-order valence-corrected chi connectivity index (χ0v) is 12.0. The van der Waals surface area contributed by atoms with Crippen molar-refractivity contribution in [3.05, 3.63) is 35.4 Å². The predicted octanol–water partition coefficient (Wildman–Crippen LogP) is 2.68. The van der Waals surface area contributed by atoms with Crippen molar-refractivity contribution >= 4 is 0 Å². The van der Waals surface area contributed by atoms with E-state index in [0.29, 0.717) is 5.41 Å². The number of rotatable bonds is 3. The van der Waals surface area contributed by atoms with Gasteiger partial charge in [-0.3, -0.25) is 4.90 Å². The second-order valence-electron chi connectivity index (χ2n) is 6.58. The van der Waals surface area contributed by atoms with E-state index >= 15 is 0 Å². The quantitative estimate of drug-likeness (QED) is 0.882. The summed E-state index contributed by atoms with van der Waals surface area (Å²) in [5.74, 6) is 0. The zero-order chi connectivity index (χ0) is 13.0. The third-order valence-electron chi connectivity index (χ3n) is 3.37. The van der Waals surface area contributed by atoms with Gasteiger partial charge < -0.3 is 5.32 Å². The van der Waals surface area contributed by atoms with Crippen LogP contribution in [0.3, 0.4) is 0 Å². The molecule has 0 aliphatic carbocycles. The molecule has 0 spiro atoms. The summed E-state index contributed by atoms with van der Waals surface area (Å²) in [4.78, 5) is 2.52. The highest BCUT2D eigenvalue weighted by molar-refractivity contribution is 5.23. The first-order valence-corrected chi connectivity index (χ1v) is 7.04. The van der Waals surface area contributed by atoms with Crippen LogP contribution in [-0.4, -0.2) is 31.1 Å². The molecule has 0 aromatic heterocycles. The van der Waals surface area contributed by atoms with Gasteiger partial charge in [0.15, 0.2) is 0 Å². The maximum Gasteiger partial charge on any atom is 0.0234 e. The van der Waals surface area contributed by atoms with E-state index in [-0.39, 0.29) is 0 Å². The minimum absolute atomic E-state index is 0.375. The Labute approximate surface area is 111 Å². The third kappa shape index (κ3) is 4.43. The number of nitrogens with one attached hydrogen (secondary N) is 1. The Bertz CT molecular complexity index is 356. The second-order valence-corrected chi connectivity index (χ2v) is 6.58. The Hall–Kier alpha value is -0.860. The molecule has 100 valence electrons. The molecule has 1 aliphatic heterocycles. The smallest absolute Gasteiger partial charge is 0.0234 e. The molecule has 1 N–H and O–H groups in total. The fourth-order valence-electron chi connectivity index (χ4n) is 2.50. The van der Waals surface area contributed by atoms with Crippen molar-refractivity contribution in [1.82, 2.24) is 10.2 Å². The highest BCUT2D eigenvalue weighted by atomic mass is 15.2. The van der Waals surface area contributed by atoms with Crippen molar-refractivity contribution in [2.75, 3.05) is 26.2 Å². The molecule has 0 bridgehead atoms. The lowest BCUT2D eigenvalue weighted by atomic mass is 9.88. The largest absolute Gasteiger partial charge is 0.314 e. The van der Waals surface area contributed by atoms with Crippen LogP contribution in [0.1, 0.15) is 31.9 Å². The van der Waals surface area contributed by atoms with Gasteiger partial charge in [-0.1, -0.05) is 45.0 Å². The lowest BCUT2D eigenvalue weighted by Gasteiger charge is -2.27. The van der Waals surface area contributed by atoms with Crippen LogP contribution in [0.4, 0.5) is 0 Å². The Morgan fingerprint density at radius 3 is 2.11 bits per heavy atom. The fourth-order valence-corrected chi connectivity index (χ4v) is 2.50. The Morgan fingerprint density at radius 1 is 1.00 bits per heavy atom. The van der Waals surface area contributed by atoms with Gasteiger partial charge in [0.2, 0.25) is 0 Å². The Kier molecular flexibility index (Phi) is 4.41. The summed E-state index contributed by atoms with van der Waals surface area (Å²) in [6.07, 6.45) is 1.15. The zero-order valence-electron chi connectivity index (χ0n) is 12.0. The molecule has 1 fully saturated rings. The second kappa shape index (κ2) is 5.85. The van der Waals surface area contributed by atoms with Gasteiger partial charge in [-0.15, -0.1) is 0 Å². The van der Waals surface area contributed by atoms with E-state index in [1.54, 1.807) is 0 Å². The summed E-state index contributed by atoms with van der Waals surface area (Å²) in [6, 6.07) is 9.18. The molecule has 2 heteroatoms. The van der Waals surface area contributed by atoms with Gasteiger partial charge in [-0.05, 0) is 23.0 Å². The molecule has 0 amide bonds. The molecule has 18 heavy (non-hydrogen) atoms. The number of hydrogen-bond donors (Lipinski definition) is 1. The molecule has 2 nitrogen and oxygen atoms in total. The SMILES string of the molecule is CC(C)(C)Cc1ccc(CN2CCNCC2)cc1. The maximum absolute atomic E-state index is 3.39. The van der Waals surface area contributed by atoms with E-state index < -0.39 is 0 Å². The van der Waals surface area contributed by atoms with Gasteiger partial charge in [0.05, 0.1) is 0 Å². The van der Waals surface area contributed by atoms with Gasteiger partial charge >= 0.3 is 0 Å². The molecule has 0 unspecified atom stereocenters. The Balaban J connectivity index is 1.90. The van der Waals surface area contributed by atoms with Crippen LogP contribution >= 0.6 is 0 Å². The van der Waals surface area contributed by atoms with Crippen molar-refractivity contribution in [3.63, 3.8) is 0 Å². The van der Waals surface area contributed by atoms with Crippen LogP contribution in [0, 0.1) is 5.41 Å². The van der Waals surface area contributed by atoms with Crippen LogP contribution in [-0.2, 0) is 13.0 Å². The highest BCUT2D eigenvalue weighted by Gasteiger charge is 2.12. The number of hydrogen-bond acceptors (Lipinski definition) is 2. The van der Waals surface area contributed by atoms with E-state index in [1.165, 1.54) is 24.2 Å². The number of benzene rings is 1. The average molecular weight is 246 g/mol. The lowest BCUT2D eigenvalue weighted by molar-refractivity contribution is 0.233. The predicted molar refractivity (Wildman–Crippen MR) is 77.7 cm³/mol. The molecular weight excluding hydrogens is 220 g/mol. The van der Waals surface area contributed by atoms with Crippen LogP contribution in [0.5, 0.6) is 0 Å². The average Bonchev–Trinajstić information content (AvgIpc) is 2.31. The summed E-state index contributed by atoms with van der Waals surface area (Å²) < 4.78 is 0. The van der Waals surface area contributed by atoms with Crippen molar-refractivity contribution < 1.29 is 0 Å². The van der Waals surface area contributed by atoms with E-state index in [4.69, 9.17) is 0 Å². The van der Waals surface area contributed by atoms with Gasteiger partial charge in [-0.25, -0.2) is 0 Å². The molecule has 1 aromatic rings. The summed E-state index contributed by atoms with van der Waals surface area (Å²) in [6.45, 7) is 12.6. The van der Waals surface area contributed by atoms with Gasteiger partial charge in [0.25, 0.3) is 0 Å². The third-order valence-corrected chi connectivity index (χ3v) is 3.37. The topological polar surface area (TPSA) is 15.3 Å². The van der Waals surface area contributed by atoms with Gasteiger partial charge in [0, 0.05) is 32.7 Å². The fraction of sp³-hybridized carbons (Fsp3) is 0.625. The van der Waals surface area contributed by atoms with Gasteiger partial charge in [-0.2, -0.15) is 0 Å². The molecule has 0 atom stereocenters. The molecule has 1 aromatic carbocycles. The molecule has 1 aliphatic rings. The normalized spacial score (nSPS) is 17.9. The van der Waals surface area contributed by atoms with E-state index in [9.17, 15) is 0 Å². The van der Waals surface area contributed by atoms with E-state index in [0.717, 1.165) is 26.1 Å². The molecule has 2 rings (SSSR count). The molecule has 0 radical (unpaired) electrons. The minimum atomic E-state index is 0.375. The monoisotopic (exact) mass is 246 g/mol. The van der Waals surface area contributed by atoms with Gasteiger partial charge in [0.1, 0.15) is 0 Å². The molecule has 1 heterocycles. The van der Waals surface area contributed by atoms with Crippen molar-refractivity contribution in [3.8, 4) is 0 Å². The van der Waals surface area contributed by atoms with Crippen molar-refractivity contribution in [2.45, 2.75) is 33.7 Å². The summed E-state index contributed by atoms with van der Waals surface area (Å²) in [5, 5.41) is 3.39. The van der Waals surface area contributed by atoms with Crippen molar-refractivity contribution in [2.24, 2.45) is 5.41 Å². The molecular formula is C16H26N2. The maximum atomic E-state index is 3.39. The van der Waals surface area contributed by atoms with E-state index in [2.05, 4.69) is 55.3 Å². The van der Waals surface area contributed by atoms with Crippen LogP contribution in [0.15, 0.2) is 24.3 Å². The Morgan fingerprint density at radius 2 is 1.56 bits per heavy atom. The van der Waals surface area contributed by atoms with Crippen LogP contribution in [0.25, 0.3) is 0 Å². The molecule has 0 saturated carbocycles. The van der Waals surface area contributed by atoms with Crippen LogP contribution in [0.2, 0.25) is 0 Å². The van der Waals surface area contributed by atoms with E-state index in [1.807, 2.05) is 0 Å². The highest BCUT2D eigenvalue weighted by Crippen LogP contribution is 2.20. The summed E-state index contributed by atoms with van der Waals surface area (Å²) in [5.41, 5.74) is 3.26. The minimum Gasteiger partial charge on any atom is -0.314 e. The van der Waals surface area contributed by atoms with Crippen molar-refractivity contribution in [1.29, 1.82) is 0 Å². The number of nitrogens with zero attached hydrogens (tertiary/aromatic N) is 1. The summed E-state index contributed by atoms with van der Waals surface area (Å²) in [7, 11) is 0. The first kappa shape index (κ1) is 13.6. The standard InChI is InChI=1S/C16H26N2/c1-16(2,3)12-14-4-6-15(7-5-14)13-18-10-8-17-9-11-18/h4-7,17H,8-13H2,1-3H3. The molecule has 1 saturated heterocycles. The lowest BCUT2D eigenvalue weighted by Crippen LogP contribution is -2.42. The first-order valence-electron chi connectivity index (χ1n) is 7.04. The number of piperazine rings is 1. The van der Waals surface area contributed by atoms with Crippen LogP contribution < -0.4 is 5.32 Å². The summed E-state index contributed by atoms with van der Waals surface area (Å²) >= 11 is 0.